The Morgan fingerprint density at radius 2 is 2.11 bits per heavy atom. The lowest BCUT2D eigenvalue weighted by Gasteiger charge is -2.27. The zero-order valence-corrected chi connectivity index (χ0v) is 12.6. The van der Waals surface area contributed by atoms with Gasteiger partial charge in [-0.2, -0.15) is 0 Å². The molecule has 1 rings (SSSR count). The third kappa shape index (κ3) is 6.17. The predicted molar refractivity (Wildman–Crippen MR) is 76.0 cm³/mol. The standard InChI is InChI=1S/C15H31NO2/c1-15(2,17-4)11-10-13(16-3)8-9-14-7-5-6-12-18-14/h13-14,16H,5-12H2,1-4H3. The maximum atomic E-state index is 5.79. The Bertz CT molecular complexity index is 213. The quantitative estimate of drug-likeness (QED) is 0.724. The predicted octanol–water partition coefficient (Wildman–Crippen LogP) is 3.13. The maximum absolute atomic E-state index is 5.79. The summed E-state index contributed by atoms with van der Waals surface area (Å²) < 4.78 is 11.3. The zero-order valence-electron chi connectivity index (χ0n) is 12.6. The molecule has 18 heavy (non-hydrogen) atoms. The van der Waals surface area contributed by atoms with Crippen molar-refractivity contribution in [3.8, 4) is 0 Å². The molecule has 0 aromatic rings. The smallest absolute Gasteiger partial charge is 0.0623 e. The van der Waals surface area contributed by atoms with Crippen LogP contribution in [0.4, 0.5) is 0 Å². The first-order valence-corrected chi connectivity index (χ1v) is 7.41. The molecule has 0 aromatic heterocycles. The summed E-state index contributed by atoms with van der Waals surface area (Å²) >= 11 is 0. The summed E-state index contributed by atoms with van der Waals surface area (Å²) in [6.45, 7) is 5.28. The van der Waals surface area contributed by atoms with E-state index >= 15 is 0 Å². The van der Waals surface area contributed by atoms with Gasteiger partial charge in [-0.05, 0) is 65.8 Å². The van der Waals surface area contributed by atoms with Crippen molar-refractivity contribution in [1.82, 2.24) is 5.32 Å². The summed E-state index contributed by atoms with van der Waals surface area (Å²) in [6, 6.07) is 0.588. The lowest BCUT2D eigenvalue weighted by atomic mass is 9.94. The molecule has 108 valence electrons. The topological polar surface area (TPSA) is 30.5 Å². The number of ether oxygens (including phenoxy) is 2. The number of rotatable bonds is 8. The summed E-state index contributed by atoms with van der Waals surface area (Å²) in [6.07, 6.45) is 9.01. The van der Waals surface area contributed by atoms with Crippen LogP contribution in [0.15, 0.2) is 0 Å². The molecule has 3 nitrogen and oxygen atoms in total. The molecule has 1 heterocycles. The first-order valence-electron chi connectivity index (χ1n) is 7.41. The van der Waals surface area contributed by atoms with Gasteiger partial charge in [-0.15, -0.1) is 0 Å². The lowest BCUT2D eigenvalue weighted by molar-refractivity contribution is 0.00374. The van der Waals surface area contributed by atoms with Gasteiger partial charge in [0.05, 0.1) is 11.7 Å². The molecule has 0 saturated carbocycles. The summed E-state index contributed by atoms with van der Waals surface area (Å²) in [7, 11) is 3.86. The molecule has 2 unspecified atom stereocenters. The van der Waals surface area contributed by atoms with Crippen molar-refractivity contribution in [3.05, 3.63) is 0 Å². The van der Waals surface area contributed by atoms with Gasteiger partial charge >= 0.3 is 0 Å². The summed E-state index contributed by atoms with van der Waals surface area (Å²) in [5.74, 6) is 0. The first-order chi connectivity index (χ1) is 8.57. The molecule has 0 spiro atoms. The molecule has 1 N–H and O–H groups in total. The molecule has 1 saturated heterocycles. The summed E-state index contributed by atoms with van der Waals surface area (Å²) in [5, 5.41) is 3.43. The minimum absolute atomic E-state index is 0.00353. The van der Waals surface area contributed by atoms with Gasteiger partial charge in [0.25, 0.3) is 0 Å². The average molecular weight is 257 g/mol. The van der Waals surface area contributed by atoms with Gasteiger partial charge in [0.15, 0.2) is 0 Å². The van der Waals surface area contributed by atoms with E-state index in [1.54, 1.807) is 7.11 Å². The minimum Gasteiger partial charge on any atom is -0.379 e. The third-order valence-corrected chi connectivity index (χ3v) is 4.17. The van der Waals surface area contributed by atoms with Crippen LogP contribution in [-0.2, 0) is 9.47 Å². The van der Waals surface area contributed by atoms with Crippen LogP contribution >= 0.6 is 0 Å². The van der Waals surface area contributed by atoms with E-state index in [0.717, 1.165) is 13.0 Å². The van der Waals surface area contributed by atoms with Gasteiger partial charge in [-0.1, -0.05) is 0 Å². The van der Waals surface area contributed by atoms with E-state index in [0.29, 0.717) is 12.1 Å². The highest BCUT2D eigenvalue weighted by Gasteiger charge is 2.20. The van der Waals surface area contributed by atoms with Gasteiger partial charge in [0.1, 0.15) is 0 Å². The monoisotopic (exact) mass is 257 g/mol. The second-order valence-electron chi connectivity index (χ2n) is 6.05. The Balaban J connectivity index is 2.20. The van der Waals surface area contributed by atoms with E-state index in [9.17, 15) is 0 Å². The van der Waals surface area contributed by atoms with Crippen LogP contribution < -0.4 is 5.32 Å². The molecular formula is C15H31NO2. The fraction of sp³-hybridized carbons (Fsp3) is 1.00. The Morgan fingerprint density at radius 1 is 1.33 bits per heavy atom. The van der Waals surface area contributed by atoms with E-state index in [4.69, 9.17) is 9.47 Å². The molecule has 2 atom stereocenters. The largest absolute Gasteiger partial charge is 0.379 e. The minimum atomic E-state index is -0.00353. The van der Waals surface area contributed by atoms with E-state index < -0.39 is 0 Å². The molecular weight excluding hydrogens is 226 g/mol. The molecule has 0 amide bonds. The van der Waals surface area contributed by atoms with Crippen LogP contribution in [0, 0.1) is 0 Å². The highest BCUT2D eigenvalue weighted by atomic mass is 16.5. The lowest BCUT2D eigenvalue weighted by Crippen LogP contribution is -2.31. The number of nitrogens with one attached hydrogen (secondary N) is 1. The van der Waals surface area contributed by atoms with Crippen molar-refractivity contribution < 1.29 is 9.47 Å². The number of hydrogen-bond acceptors (Lipinski definition) is 3. The molecule has 0 aromatic carbocycles. The van der Waals surface area contributed by atoms with Crippen LogP contribution in [0.5, 0.6) is 0 Å². The van der Waals surface area contributed by atoms with Gasteiger partial charge in [-0.3, -0.25) is 0 Å². The zero-order chi connectivity index (χ0) is 13.4. The Kier molecular flexibility index (Phi) is 7.20. The summed E-state index contributed by atoms with van der Waals surface area (Å²) in [5.41, 5.74) is -0.00353. The molecule has 1 aliphatic heterocycles. The SMILES string of the molecule is CNC(CCC1CCCCO1)CCC(C)(C)OC. The number of hydrogen-bond donors (Lipinski definition) is 1. The van der Waals surface area contributed by atoms with E-state index in [1.165, 1.54) is 38.5 Å². The molecule has 0 aliphatic carbocycles. The van der Waals surface area contributed by atoms with Crippen LogP contribution in [0.25, 0.3) is 0 Å². The van der Waals surface area contributed by atoms with Crippen LogP contribution in [0.2, 0.25) is 0 Å². The van der Waals surface area contributed by atoms with E-state index in [-0.39, 0.29) is 5.60 Å². The highest BCUT2D eigenvalue weighted by Crippen LogP contribution is 2.21. The van der Waals surface area contributed by atoms with Gasteiger partial charge in [0.2, 0.25) is 0 Å². The van der Waals surface area contributed by atoms with Gasteiger partial charge < -0.3 is 14.8 Å². The Hall–Kier alpha value is -0.120. The molecule has 3 heteroatoms. The normalized spacial score (nSPS) is 23.0. The molecule has 0 bridgehead atoms. The van der Waals surface area contributed by atoms with Gasteiger partial charge in [-0.25, -0.2) is 0 Å². The Morgan fingerprint density at radius 3 is 2.67 bits per heavy atom. The van der Waals surface area contributed by atoms with Crippen molar-refractivity contribution >= 4 is 0 Å². The molecule has 1 fully saturated rings. The third-order valence-electron chi connectivity index (χ3n) is 4.17. The van der Waals surface area contributed by atoms with Crippen LogP contribution in [0.1, 0.15) is 58.8 Å². The van der Waals surface area contributed by atoms with Gasteiger partial charge in [0, 0.05) is 19.8 Å². The van der Waals surface area contributed by atoms with Crippen LogP contribution in [-0.4, -0.2) is 38.5 Å². The van der Waals surface area contributed by atoms with Crippen molar-refractivity contribution in [2.24, 2.45) is 0 Å². The van der Waals surface area contributed by atoms with E-state index in [2.05, 4.69) is 26.2 Å². The van der Waals surface area contributed by atoms with Crippen molar-refractivity contribution in [3.63, 3.8) is 0 Å². The maximum Gasteiger partial charge on any atom is 0.0623 e. The van der Waals surface area contributed by atoms with Crippen molar-refractivity contribution in [2.75, 3.05) is 20.8 Å². The molecule has 0 radical (unpaired) electrons. The second kappa shape index (κ2) is 8.13. The average Bonchev–Trinajstić information content (AvgIpc) is 2.40. The first kappa shape index (κ1) is 15.9. The van der Waals surface area contributed by atoms with Crippen LogP contribution in [0.3, 0.4) is 0 Å². The fourth-order valence-corrected chi connectivity index (χ4v) is 2.48. The highest BCUT2D eigenvalue weighted by molar-refractivity contribution is 4.75. The second-order valence-corrected chi connectivity index (χ2v) is 6.05. The van der Waals surface area contributed by atoms with Crippen molar-refractivity contribution in [1.29, 1.82) is 0 Å². The van der Waals surface area contributed by atoms with Crippen molar-refractivity contribution in [2.45, 2.75) is 76.5 Å². The fourth-order valence-electron chi connectivity index (χ4n) is 2.48. The Labute approximate surface area is 113 Å². The number of methoxy groups -OCH3 is 1. The van der Waals surface area contributed by atoms with E-state index in [1.807, 2.05) is 0 Å². The molecule has 1 aliphatic rings. The summed E-state index contributed by atoms with van der Waals surface area (Å²) in [4.78, 5) is 0.